The second kappa shape index (κ2) is 2.22. The van der Waals surface area contributed by atoms with Gasteiger partial charge in [0.2, 0.25) is 0 Å². The number of hydrogen-bond acceptors (Lipinski definition) is 1. The lowest BCUT2D eigenvalue weighted by molar-refractivity contribution is -0.131. The first-order chi connectivity index (χ1) is 5.09. The monoisotopic (exact) mass is 154 g/mol. The van der Waals surface area contributed by atoms with E-state index >= 15 is 0 Å². The van der Waals surface area contributed by atoms with Crippen molar-refractivity contribution in [1.29, 1.82) is 0 Å². The molecule has 1 saturated carbocycles. The molecule has 2 fully saturated rings. The molecule has 0 spiro atoms. The van der Waals surface area contributed by atoms with Gasteiger partial charge in [-0.15, -0.1) is 0 Å². The molecule has 0 radical (unpaired) electrons. The molecule has 0 aromatic heterocycles. The molecule has 1 aliphatic heterocycles. The van der Waals surface area contributed by atoms with Crippen molar-refractivity contribution >= 4 is 0 Å². The zero-order chi connectivity index (χ0) is 8.06. The molecule has 2 aliphatic rings. The van der Waals surface area contributed by atoms with E-state index in [0.717, 1.165) is 18.4 Å². The Balaban J connectivity index is 2.05. The largest absolute Gasteiger partial charge is 0.377 e. The second-order valence-electron chi connectivity index (χ2n) is 5.11. The molecular weight excluding hydrogens is 136 g/mol. The molecule has 2 rings (SSSR count). The third kappa shape index (κ3) is 1.10. The molecule has 0 aromatic carbocycles. The average molecular weight is 154 g/mol. The predicted molar refractivity (Wildman–Crippen MR) is 45.4 cm³/mol. The molecule has 3 atom stereocenters. The molecule has 3 unspecified atom stereocenters. The molecule has 64 valence electrons. The summed E-state index contributed by atoms with van der Waals surface area (Å²) in [6, 6.07) is 0. The molecule has 1 heterocycles. The molecule has 0 amide bonds. The zero-order valence-corrected chi connectivity index (χ0v) is 7.76. The van der Waals surface area contributed by atoms with E-state index in [0.29, 0.717) is 11.5 Å². The van der Waals surface area contributed by atoms with Gasteiger partial charge in [-0.2, -0.15) is 0 Å². The number of rotatable bonds is 0. The molecule has 1 aliphatic carbocycles. The highest BCUT2D eigenvalue weighted by Gasteiger charge is 2.47. The third-order valence-corrected chi connectivity index (χ3v) is 3.32. The summed E-state index contributed by atoms with van der Waals surface area (Å²) in [5.74, 6) is 1.74. The van der Waals surface area contributed by atoms with Crippen LogP contribution in [0.25, 0.3) is 0 Å². The van der Waals surface area contributed by atoms with Crippen molar-refractivity contribution in [1.82, 2.24) is 0 Å². The fourth-order valence-corrected chi connectivity index (χ4v) is 2.52. The summed E-state index contributed by atoms with van der Waals surface area (Å²) >= 11 is 0. The van der Waals surface area contributed by atoms with Gasteiger partial charge < -0.3 is 4.74 Å². The van der Waals surface area contributed by atoms with Gasteiger partial charge in [-0.25, -0.2) is 0 Å². The first kappa shape index (κ1) is 7.60. The quantitative estimate of drug-likeness (QED) is 0.521. The Morgan fingerprint density at radius 2 is 1.91 bits per heavy atom. The van der Waals surface area contributed by atoms with Crippen LogP contribution < -0.4 is 0 Å². The van der Waals surface area contributed by atoms with Crippen molar-refractivity contribution in [3.05, 3.63) is 0 Å². The zero-order valence-electron chi connectivity index (χ0n) is 7.76. The third-order valence-electron chi connectivity index (χ3n) is 3.32. The number of hydrogen-bond donors (Lipinski definition) is 0. The van der Waals surface area contributed by atoms with E-state index in [1.54, 1.807) is 0 Å². The van der Waals surface area contributed by atoms with Crippen LogP contribution >= 0.6 is 0 Å². The fraction of sp³-hybridized carbons (Fsp3) is 1.00. The summed E-state index contributed by atoms with van der Waals surface area (Å²) in [7, 11) is 0. The highest BCUT2D eigenvalue weighted by atomic mass is 16.5. The van der Waals surface area contributed by atoms with Crippen LogP contribution in [0.5, 0.6) is 0 Å². The van der Waals surface area contributed by atoms with Crippen LogP contribution in [0.2, 0.25) is 0 Å². The maximum Gasteiger partial charge on any atom is 0.0658 e. The summed E-state index contributed by atoms with van der Waals surface area (Å²) in [6.45, 7) is 8.04. The Hall–Kier alpha value is -0.0400. The molecule has 0 bridgehead atoms. The standard InChI is InChI=1S/C10H18O/c1-10(2,3)8-5-4-7-6-11-9(7)8/h7-9H,4-6H2,1-3H3. The van der Waals surface area contributed by atoms with Crippen molar-refractivity contribution in [3.8, 4) is 0 Å². The van der Waals surface area contributed by atoms with Gasteiger partial charge in [0.05, 0.1) is 12.7 Å². The SMILES string of the molecule is CC(C)(C)C1CCC2COC21. The molecule has 11 heavy (non-hydrogen) atoms. The van der Waals surface area contributed by atoms with E-state index in [1.807, 2.05) is 0 Å². The van der Waals surface area contributed by atoms with E-state index in [2.05, 4.69) is 20.8 Å². The Labute approximate surface area is 69.1 Å². The van der Waals surface area contributed by atoms with E-state index in [-0.39, 0.29) is 0 Å². The Morgan fingerprint density at radius 1 is 1.18 bits per heavy atom. The minimum atomic E-state index is 0.458. The summed E-state index contributed by atoms with van der Waals surface area (Å²) in [6.07, 6.45) is 3.42. The summed E-state index contributed by atoms with van der Waals surface area (Å²) < 4.78 is 5.59. The second-order valence-corrected chi connectivity index (χ2v) is 5.11. The van der Waals surface area contributed by atoms with E-state index in [1.165, 1.54) is 12.8 Å². The topological polar surface area (TPSA) is 9.23 Å². The lowest BCUT2D eigenvalue weighted by atomic mass is 9.77. The minimum absolute atomic E-state index is 0.458. The highest BCUT2D eigenvalue weighted by Crippen LogP contribution is 2.48. The van der Waals surface area contributed by atoms with Crippen LogP contribution in [0.3, 0.4) is 0 Å². The molecule has 1 heteroatoms. The predicted octanol–water partition coefficient (Wildman–Crippen LogP) is 2.46. The van der Waals surface area contributed by atoms with Gasteiger partial charge in [0.25, 0.3) is 0 Å². The Bertz CT molecular complexity index is 157. The van der Waals surface area contributed by atoms with Crippen molar-refractivity contribution in [2.75, 3.05) is 6.61 Å². The van der Waals surface area contributed by atoms with Gasteiger partial charge in [0.15, 0.2) is 0 Å². The smallest absolute Gasteiger partial charge is 0.0658 e. The van der Waals surface area contributed by atoms with Crippen molar-refractivity contribution in [2.45, 2.75) is 39.7 Å². The molecule has 1 saturated heterocycles. The van der Waals surface area contributed by atoms with E-state index in [9.17, 15) is 0 Å². The van der Waals surface area contributed by atoms with Gasteiger partial charge in [-0.1, -0.05) is 20.8 Å². The fourth-order valence-electron chi connectivity index (χ4n) is 2.52. The summed E-state index contributed by atoms with van der Waals surface area (Å²) in [5, 5.41) is 0. The van der Waals surface area contributed by atoms with Crippen LogP contribution in [0, 0.1) is 17.3 Å². The van der Waals surface area contributed by atoms with Gasteiger partial charge >= 0.3 is 0 Å². The summed E-state index contributed by atoms with van der Waals surface area (Å²) in [5.41, 5.74) is 0.458. The van der Waals surface area contributed by atoms with Crippen LogP contribution in [-0.4, -0.2) is 12.7 Å². The van der Waals surface area contributed by atoms with E-state index in [4.69, 9.17) is 4.74 Å². The van der Waals surface area contributed by atoms with Crippen LogP contribution in [0.4, 0.5) is 0 Å². The van der Waals surface area contributed by atoms with Gasteiger partial charge in [0, 0.05) is 5.92 Å². The highest BCUT2D eigenvalue weighted by molar-refractivity contribution is 4.96. The van der Waals surface area contributed by atoms with E-state index < -0.39 is 0 Å². The summed E-state index contributed by atoms with van der Waals surface area (Å²) in [4.78, 5) is 0. The Kier molecular flexibility index (Phi) is 1.54. The van der Waals surface area contributed by atoms with Crippen molar-refractivity contribution < 1.29 is 4.74 Å². The molecule has 1 nitrogen and oxygen atoms in total. The normalized spacial score (nSPS) is 43.4. The van der Waals surface area contributed by atoms with Crippen LogP contribution in [-0.2, 0) is 4.74 Å². The first-order valence-corrected chi connectivity index (χ1v) is 4.70. The van der Waals surface area contributed by atoms with Gasteiger partial charge in [-0.3, -0.25) is 0 Å². The van der Waals surface area contributed by atoms with Gasteiger partial charge in [-0.05, 0) is 24.2 Å². The van der Waals surface area contributed by atoms with Crippen LogP contribution in [0.1, 0.15) is 33.6 Å². The molecule has 0 aromatic rings. The van der Waals surface area contributed by atoms with Crippen molar-refractivity contribution in [3.63, 3.8) is 0 Å². The molecule has 0 N–H and O–H groups in total. The lowest BCUT2D eigenvalue weighted by Crippen LogP contribution is -2.43. The maximum absolute atomic E-state index is 5.59. The first-order valence-electron chi connectivity index (χ1n) is 4.70. The minimum Gasteiger partial charge on any atom is -0.377 e. The number of ether oxygens (including phenoxy) is 1. The molecular formula is C10H18O. The average Bonchev–Trinajstić information content (AvgIpc) is 2.05. The lowest BCUT2D eigenvalue weighted by Gasteiger charge is -2.40. The van der Waals surface area contributed by atoms with Gasteiger partial charge in [0.1, 0.15) is 0 Å². The maximum atomic E-state index is 5.59. The van der Waals surface area contributed by atoms with Crippen LogP contribution in [0.15, 0.2) is 0 Å². The number of fused-ring (bicyclic) bond motifs is 1. The van der Waals surface area contributed by atoms with Crippen molar-refractivity contribution in [2.24, 2.45) is 17.3 Å². The Morgan fingerprint density at radius 3 is 2.18 bits per heavy atom.